The average Bonchev–Trinajstić information content (AvgIpc) is 2.37. The summed E-state index contributed by atoms with van der Waals surface area (Å²) in [6, 6.07) is 0.505. The fourth-order valence-electron chi connectivity index (χ4n) is 2.60. The van der Waals surface area contributed by atoms with Gasteiger partial charge in [-0.25, -0.2) is 8.42 Å². The molecule has 1 atom stereocenters. The smallest absolute Gasteiger partial charge is 0.153 e. The normalized spacial score (nSPS) is 21.8. The molecule has 0 spiro atoms. The number of likely N-dealkylation sites (tertiary alicyclic amines) is 1. The van der Waals surface area contributed by atoms with Gasteiger partial charge in [0, 0.05) is 19.1 Å². The van der Waals surface area contributed by atoms with Gasteiger partial charge in [-0.1, -0.05) is 20.3 Å². The summed E-state index contributed by atoms with van der Waals surface area (Å²) in [4.78, 5) is 2.37. The van der Waals surface area contributed by atoms with Crippen LogP contribution in [0.3, 0.4) is 0 Å². The van der Waals surface area contributed by atoms with Crippen molar-refractivity contribution in [1.82, 2.24) is 10.2 Å². The zero-order valence-electron chi connectivity index (χ0n) is 13.6. The Morgan fingerprint density at radius 2 is 1.90 bits per heavy atom. The van der Waals surface area contributed by atoms with Gasteiger partial charge in [0.1, 0.15) is 0 Å². The zero-order chi connectivity index (χ0) is 15.2. The number of nitrogens with one attached hydrogen (secondary N) is 1. The van der Waals surface area contributed by atoms with Crippen LogP contribution in [-0.4, -0.2) is 56.5 Å². The van der Waals surface area contributed by atoms with E-state index < -0.39 is 9.84 Å². The summed E-state index contributed by atoms with van der Waals surface area (Å²) in [6.07, 6.45) is 3.65. The van der Waals surface area contributed by atoms with Crippen LogP contribution >= 0.6 is 0 Å². The van der Waals surface area contributed by atoms with E-state index >= 15 is 0 Å². The topological polar surface area (TPSA) is 49.4 Å². The third kappa shape index (κ3) is 6.10. The second-order valence-electron chi connectivity index (χ2n) is 6.65. The van der Waals surface area contributed by atoms with Crippen LogP contribution in [0.4, 0.5) is 0 Å². The Morgan fingerprint density at radius 1 is 1.20 bits per heavy atom. The van der Waals surface area contributed by atoms with Crippen molar-refractivity contribution in [2.24, 2.45) is 5.92 Å². The van der Waals surface area contributed by atoms with Gasteiger partial charge in [0.05, 0.1) is 11.0 Å². The average molecular weight is 304 g/mol. The molecular weight excluding hydrogens is 272 g/mol. The minimum absolute atomic E-state index is 0.259. The SMILES string of the molecule is CC(C)CNCC1CCCCN1CCS(=O)(=O)C(C)C. The summed E-state index contributed by atoms with van der Waals surface area (Å²) in [5, 5.41) is 3.25. The minimum atomic E-state index is -2.92. The molecule has 1 aliphatic rings. The Labute approximate surface area is 125 Å². The van der Waals surface area contributed by atoms with Gasteiger partial charge in [0.2, 0.25) is 0 Å². The summed E-state index contributed by atoms with van der Waals surface area (Å²) in [7, 11) is -2.92. The fraction of sp³-hybridized carbons (Fsp3) is 1.00. The quantitative estimate of drug-likeness (QED) is 0.744. The van der Waals surface area contributed by atoms with Crippen molar-refractivity contribution < 1.29 is 8.42 Å². The van der Waals surface area contributed by atoms with E-state index in [0.29, 0.717) is 24.3 Å². The lowest BCUT2D eigenvalue weighted by Crippen LogP contribution is -2.47. The van der Waals surface area contributed by atoms with Crippen LogP contribution in [0.15, 0.2) is 0 Å². The van der Waals surface area contributed by atoms with Gasteiger partial charge >= 0.3 is 0 Å². The van der Waals surface area contributed by atoms with E-state index in [2.05, 4.69) is 24.1 Å². The number of hydrogen-bond acceptors (Lipinski definition) is 4. The lowest BCUT2D eigenvalue weighted by atomic mass is 10.0. The van der Waals surface area contributed by atoms with E-state index in [-0.39, 0.29) is 5.25 Å². The summed E-state index contributed by atoms with van der Waals surface area (Å²) in [6.45, 7) is 11.7. The van der Waals surface area contributed by atoms with Gasteiger partial charge in [0.15, 0.2) is 9.84 Å². The second kappa shape index (κ2) is 8.35. The maximum atomic E-state index is 11.9. The van der Waals surface area contributed by atoms with Crippen LogP contribution in [0.25, 0.3) is 0 Å². The number of piperidine rings is 1. The number of nitrogens with zero attached hydrogens (tertiary/aromatic N) is 1. The molecule has 0 saturated carbocycles. The molecule has 120 valence electrons. The predicted molar refractivity (Wildman–Crippen MR) is 85.8 cm³/mol. The zero-order valence-corrected chi connectivity index (χ0v) is 14.4. The van der Waals surface area contributed by atoms with Gasteiger partial charge in [-0.15, -0.1) is 0 Å². The van der Waals surface area contributed by atoms with Crippen LogP contribution in [0.1, 0.15) is 47.0 Å². The van der Waals surface area contributed by atoms with Gasteiger partial charge in [-0.2, -0.15) is 0 Å². The van der Waals surface area contributed by atoms with E-state index in [4.69, 9.17) is 0 Å². The van der Waals surface area contributed by atoms with Gasteiger partial charge < -0.3 is 5.32 Å². The molecule has 0 aromatic heterocycles. The third-order valence-electron chi connectivity index (χ3n) is 4.06. The van der Waals surface area contributed by atoms with Crippen molar-refractivity contribution in [3.63, 3.8) is 0 Å². The first-order chi connectivity index (χ1) is 9.33. The molecule has 0 amide bonds. The van der Waals surface area contributed by atoms with Crippen LogP contribution in [-0.2, 0) is 9.84 Å². The van der Waals surface area contributed by atoms with Crippen molar-refractivity contribution in [2.75, 3.05) is 31.9 Å². The molecule has 1 N–H and O–H groups in total. The fourth-order valence-corrected chi connectivity index (χ4v) is 3.56. The number of rotatable bonds is 8. The molecule has 0 aliphatic carbocycles. The van der Waals surface area contributed by atoms with E-state index in [1.165, 1.54) is 19.3 Å². The molecule has 1 fully saturated rings. The Hall–Kier alpha value is -0.130. The Balaban J connectivity index is 2.44. The molecule has 1 heterocycles. The Kier molecular flexibility index (Phi) is 7.48. The predicted octanol–water partition coefficient (Wildman–Crippen LogP) is 1.91. The van der Waals surface area contributed by atoms with Crippen LogP contribution in [0.2, 0.25) is 0 Å². The molecule has 0 aromatic carbocycles. The van der Waals surface area contributed by atoms with Crippen LogP contribution in [0, 0.1) is 5.92 Å². The standard InChI is InChI=1S/C15H32N2O2S/c1-13(2)11-16-12-15-7-5-6-8-17(15)9-10-20(18,19)14(3)4/h13-16H,5-12H2,1-4H3. The lowest BCUT2D eigenvalue weighted by molar-refractivity contribution is 0.153. The highest BCUT2D eigenvalue weighted by Gasteiger charge is 2.24. The maximum absolute atomic E-state index is 11.9. The van der Waals surface area contributed by atoms with Crippen LogP contribution < -0.4 is 5.32 Å². The lowest BCUT2D eigenvalue weighted by Gasteiger charge is -2.36. The van der Waals surface area contributed by atoms with Gasteiger partial charge in [0.25, 0.3) is 0 Å². The molecule has 20 heavy (non-hydrogen) atoms. The molecule has 1 unspecified atom stereocenters. The second-order valence-corrected chi connectivity index (χ2v) is 9.33. The Bertz CT molecular complexity index is 366. The van der Waals surface area contributed by atoms with E-state index in [1.807, 2.05) is 0 Å². The number of sulfone groups is 1. The molecule has 4 nitrogen and oxygen atoms in total. The van der Waals surface area contributed by atoms with Crippen molar-refractivity contribution in [2.45, 2.75) is 58.2 Å². The third-order valence-corrected chi connectivity index (χ3v) is 6.25. The first-order valence-electron chi connectivity index (χ1n) is 7.99. The molecular formula is C15H32N2O2S. The summed E-state index contributed by atoms with van der Waals surface area (Å²) in [5.74, 6) is 0.957. The van der Waals surface area contributed by atoms with Crippen LogP contribution in [0.5, 0.6) is 0 Å². The molecule has 5 heteroatoms. The first kappa shape index (κ1) is 17.9. The first-order valence-corrected chi connectivity index (χ1v) is 9.71. The summed E-state index contributed by atoms with van der Waals surface area (Å²) in [5.41, 5.74) is 0. The van der Waals surface area contributed by atoms with Gasteiger partial charge in [-0.3, -0.25) is 4.90 Å². The van der Waals surface area contributed by atoms with Crippen molar-refractivity contribution in [3.8, 4) is 0 Å². The minimum Gasteiger partial charge on any atom is -0.315 e. The molecule has 0 radical (unpaired) electrons. The molecule has 1 saturated heterocycles. The van der Waals surface area contributed by atoms with E-state index in [0.717, 1.165) is 19.6 Å². The molecule has 1 aliphatic heterocycles. The van der Waals surface area contributed by atoms with E-state index in [1.54, 1.807) is 13.8 Å². The Morgan fingerprint density at radius 3 is 2.50 bits per heavy atom. The monoisotopic (exact) mass is 304 g/mol. The molecule has 0 aromatic rings. The highest BCUT2D eigenvalue weighted by molar-refractivity contribution is 7.92. The summed E-state index contributed by atoms with van der Waals surface area (Å²) >= 11 is 0. The molecule has 1 rings (SSSR count). The highest BCUT2D eigenvalue weighted by atomic mass is 32.2. The van der Waals surface area contributed by atoms with Crippen molar-refractivity contribution in [3.05, 3.63) is 0 Å². The summed E-state index contributed by atoms with van der Waals surface area (Å²) < 4.78 is 23.9. The highest BCUT2D eigenvalue weighted by Crippen LogP contribution is 2.17. The van der Waals surface area contributed by atoms with E-state index in [9.17, 15) is 8.42 Å². The number of hydrogen-bond donors (Lipinski definition) is 1. The van der Waals surface area contributed by atoms with Gasteiger partial charge in [-0.05, 0) is 45.7 Å². The maximum Gasteiger partial charge on any atom is 0.153 e. The van der Waals surface area contributed by atoms with Crippen molar-refractivity contribution >= 4 is 9.84 Å². The molecule has 0 bridgehead atoms. The van der Waals surface area contributed by atoms with Crippen molar-refractivity contribution in [1.29, 1.82) is 0 Å². The largest absolute Gasteiger partial charge is 0.315 e.